The van der Waals surface area contributed by atoms with Crippen LogP contribution in [0.1, 0.15) is 44.2 Å². The Morgan fingerprint density at radius 2 is 1.90 bits per heavy atom. The molecule has 0 aromatic carbocycles. The van der Waals surface area contributed by atoms with E-state index in [2.05, 4.69) is 31.6 Å². The van der Waals surface area contributed by atoms with Crippen LogP contribution in [0.25, 0.3) is 0 Å². The average molecular weight is 305 g/mol. The van der Waals surface area contributed by atoms with Crippen LogP contribution in [0.5, 0.6) is 0 Å². The first-order chi connectivity index (χ1) is 10.2. The van der Waals surface area contributed by atoms with Gasteiger partial charge in [-0.25, -0.2) is 4.98 Å². The number of hydrogen-bond donors (Lipinski definition) is 2. The lowest BCUT2D eigenvalue weighted by atomic mass is 10.2. The molecule has 1 aliphatic heterocycles. The first-order valence-electron chi connectivity index (χ1n) is 7.89. The van der Waals surface area contributed by atoms with E-state index >= 15 is 0 Å². The van der Waals surface area contributed by atoms with Gasteiger partial charge >= 0.3 is 0 Å². The summed E-state index contributed by atoms with van der Waals surface area (Å²) in [5.74, 6) is 1.62. The molecule has 0 spiro atoms. The van der Waals surface area contributed by atoms with Crippen molar-refractivity contribution < 1.29 is 0 Å². The van der Waals surface area contributed by atoms with Crippen LogP contribution in [0.2, 0.25) is 0 Å². The highest BCUT2D eigenvalue weighted by Crippen LogP contribution is 2.20. The van der Waals surface area contributed by atoms with Crippen molar-refractivity contribution in [2.75, 3.05) is 23.3 Å². The number of aryl methyl sites for hydroxylation is 1. The van der Waals surface area contributed by atoms with Crippen LogP contribution < -0.4 is 15.5 Å². The molecule has 1 aromatic rings. The van der Waals surface area contributed by atoms with Crippen molar-refractivity contribution in [2.24, 2.45) is 0 Å². The Morgan fingerprint density at radius 3 is 2.57 bits per heavy atom. The minimum absolute atomic E-state index is 0.542. The highest BCUT2D eigenvalue weighted by molar-refractivity contribution is 7.80. The Bertz CT molecular complexity index is 507. The number of hydrogen-bond acceptors (Lipinski definition) is 4. The Morgan fingerprint density at radius 1 is 1.19 bits per heavy atom. The molecule has 114 valence electrons. The maximum absolute atomic E-state index is 5.30. The Labute approximate surface area is 131 Å². The van der Waals surface area contributed by atoms with Crippen molar-refractivity contribution in [3.8, 4) is 0 Å². The van der Waals surface area contributed by atoms with E-state index in [-0.39, 0.29) is 0 Å². The van der Waals surface area contributed by atoms with E-state index in [0.29, 0.717) is 17.1 Å². The third kappa shape index (κ3) is 4.27. The standard InChI is InChI=1S/C15H23N5S/c1-11-10-13(20-8-4-2-3-5-9-20)18-14(16-11)19-15(21)17-12-6-7-12/h10,12H,2-9H2,1H3,(H2,16,17,18,19,21). The zero-order chi connectivity index (χ0) is 14.7. The summed E-state index contributed by atoms with van der Waals surface area (Å²) in [6.45, 7) is 4.17. The summed E-state index contributed by atoms with van der Waals surface area (Å²) in [7, 11) is 0. The normalized spacial score (nSPS) is 19.0. The van der Waals surface area contributed by atoms with Gasteiger partial charge in [-0.1, -0.05) is 12.8 Å². The predicted molar refractivity (Wildman–Crippen MR) is 89.8 cm³/mol. The summed E-state index contributed by atoms with van der Waals surface area (Å²) >= 11 is 5.30. The molecule has 2 aliphatic rings. The molecule has 1 saturated carbocycles. The number of nitrogens with zero attached hydrogens (tertiary/aromatic N) is 3. The maximum Gasteiger partial charge on any atom is 0.231 e. The highest BCUT2D eigenvalue weighted by Gasteiger charge is 2.22. The van der Waals surface area contributed by atoms with Crippen LogP contribution in [-0.4, -0.2) is 34.2 Å². The highest BCUT2D eigenvalue weighted by atomic mass is 32.1. The molecular weight excluding hydrogens is 282 g/mol. The zero-order valence-electron chi connectivity index (χ0n) is 12.6. The molecule has 21 heavy (non-hydrogen) atoms. The van der Waals surface area contributed by atoms with Crippen molar-refractivity contribution in [3.05, 3.63) is 11.8 Å². The average Bonchev–Trinajstić information content (AvgIpc) is 3.23. The molecule has 2 heterocycles. The van der Waals surface area contributed by atoms with Crippen LogP contribution in [0.15, 0.2) is 6.07 Å². The van der Waals surface area contributed by atoms with Crippen LogP contribution >= 0.6 is 12.2 Å². The van der Waals surface area contributed by atoms with Crippen molar-refractivity contribution in [1.29, 1.82) is 0 Å². The summed E-state index contributed by atoms with van der Waals surface area (Å²) in [6, 6.07) is 2.60. The molecule has 2 N–H and O–H groups in total. The second-order valence-corrected chi connectivity index (χ2v) is 6.37. The minimum Gasteiger partial charge on any atom is -0.360 e. The summed E-state index contributed by atoms with van der Waals surface area (Å²) in [4.78, 5) is 11.5. The Kier molecular flexibility index (Phi) is 4.53. The predicted octanol–water partition coefficient (Wildman–Crippen LogP) is 2.61. The molecule has 1 aromatic heterocycles. The molecule has 6 heteroatoms. The van der Waals surface area contributed by atoms with Gasteiger partial charge in [-0.2, -0.15) is 4.98 Å². The lowest BCUT2D eigenvalue weighted by Crippen LogP contribution is -2.31. The largest absolute Gasteiger partial charge is 0.360 e. The molecule has 3 rings (SSSR count). The van der Waals surface area contributed by atoms with Crippen LogP contribution in [-0.2, 0) is 0 Å². The second-order valence-electron chi connectivity index (χ2n) is 5.97. The number of nitrogens with one attached hydrogen (secondary N) is 2. The number of anilines is 2. The van der Waals surface area contributed by atoms with Gasteiger partial charge in [-0.15, -0.1) is 0 Å². The van der Waals surface area contributed by atoms with E-state index in [1.165, 1.54) is 38.5 Å². The first-order valence-corrected chi connectivity index (χ1v) is 8.30. The molecule has 1 aliphatic carbocycles. The first kappa shape index (κ1) is 14.5. The van der Waals surface area contributed by atoms with Gasteiger partial charge < -0.3 is 15.5 Å². The second kappa shape index (κ2) is 6.56. The molecule has 5 nitrogen and oxygen atoms in total. The molecule has 0 atom stereocenters. The van der Waals surface area contributed by atoms with Gasteiger partial charge in [-0.05, 0) is 44.8 Å². The van der Waals surface area contributed by atoms with Gasteiger partial charge in [0.25, 0.3) is 0 Å². The van der Waals surface area contributed by atoms with E-state index in [1.54, 1.807) is 0 Å². The van der Waals surface area contributed by atoms with Crippen molar-refractivity contribution in [3.63, 3.8) is 0 Å². The molecule has 0 bridgehead atoms. The van der Waals surface area contributed by atoms with E-state index in [0.717, 1.165) is 24.6 Å². The molecule has 1 saturated heterocycles. The molecular formula is C15H23N5S. The third-order valence-electron chi connectivity index (χ3n) is 3.91. The van der Waals surface area contributed by atoms with Gasteiger partial charge in [0.2, 0.25) is 5.95 Å². The minimum atomic E-state index is 0.542. The molecule has 0 unspecified atom stereocenters. The number of rotatable bonds is 3. The zero-order valence-corrected chi connectivity index (χ0v) is 13.4. The third-order valence-corrected chi connectivity index (χ3v) is 4.13. The monoisotopic (exact) mass is 305 g/mol. The lowest BCUT2D eigenvalue weighted by Gasteiger charge is -2.22. The molecule has 0 radical (unpaired) electrons. The summed E-state index contributed by atoms with van der Waals surface area (Å²) < 4.78 is 0. The van der Waals surface area contributed by atoms with Crippen LogP contribution in [0.4, 0.5) is 11.8 Å². The topological polar surface area (TPSA) is 53.1 Å². The van der Waals surface area contributed by atoms with Crippen LogP contribution in [0, 0.1) is 6.92 Å². The van der Waals surface area contributed by atoms with Crippen molar-refractivity contribution >= 4 is 29.1 Å². The van der Waals surface area contributed by atoms with E-state index in [9.17, 15) is 0 Å². The fraction of sp³-hybridized carbons (Fsp3) is 0.667. The van der Waals surface area contributed by atoms with E-state index in [1.807, 2.05) is 6.92 Å². The smallest absolute Gasteiger partial charge is 0.231 e. The summed E-state index contributed by atoms with van der Waals surface area (Å²) in [5.41, 5.74) is 0.973. The van der Waals surface area contributed by atoms with Crippen LogP contribution in [0.3, 0.4) is 0 Å². The van der Waals surface area contributed by atoms with E-state index in [4.69, 9.17) is 12.2 Å². The van der Waals surface area contributed by atoms with Crippen molar-refractivity contribution in [1.82, 2.24) is 15.3 Å². The fourth-order valence-corrected chi connectivity index (χ4v) is 2.88. The molecule has 2 fully saturated rings. The Hall–Kier alpha value is -1.43. The fourth-order valence-electron chi connectivity index (χ4n) is 2.62. The van der Waals surface area contributed by atoms with Crippen molar-refractivity contribution in [2.45, 2.75) is 51.5 Å². The maximum atomic E-state index is 5.30. The van der Waals surface area contributed by atoms with Gasteiger partial charge in [0.1, 0.15) is 5.82 Å². The molecule has 0 amide bonds. The van der Waals surface area contributed by atoms with Gasteiger partial charge in [0, 0.05) is 30.9 Å². The van der Waals surface area contributed by atoms with E-state index < -0.39 is 0 Å². The number of thiocarbonyl (C=S) groups is 1. The van der Waals surface area contributed by atoms with Gasteiger partial charge in [0.05, 0.1) is 0 Å². The van der Waals surface area contributed by atoms with Gasteiger partial charge in [-0.3, -0.25) is 0 Å². The Balaban J connectivity index is 1.70. The quantitative estimate of drug-likeness (QED) is 0.837. The summed E-state index contributed by atoms with van der Waals surface area (Å²) in [5, 5.41) is 7.01. The SMILES string of the molecule is Cc1cc(N2CCCCCC2)nc(NC(=S)NC2CC2)n1. The van der Waals surface area contributed by atoms with Gasteiger partial charge in [0.15, 0.2) is 5.11 Å². The lowest BCUT2D eigenvalue weighted by molar-refractivity contribution is 0.726. The summed E-state index contributed by atoms with van der Waals surface area (Å²) in [6.07, 6.45) is 7.54. The number of aromatic nitrogens is 2.